The van der Waals surface area contributed by atoms with Crippen LogP contribution in [0.25, 0.3) is 80.7 Å². The van der Waals surface area contributed by atoms with Crippen molar-refractivity contribution in [2.45, 2.75) is 0 Å². The first-order chi connectivity index (χ1) is 21.2. The molecule has 3 heterocycles. The van der Waals surface area contributed by atoms with Gasteiger partial charge in [-0.2, -0.15) is 10.5 Å². The van der Waals surface area contributed by atoms with E-state index < -0.39 is 0 Å². The Kier molecular flexibility index (Phi) is 4.87. The lowest BCUT2D eigenvalue weighted by Crippen LogP contribution is -2.01. The van der Waals surface area contributed by atoms with Crippen molar-refractivity contribution in [1.29, 1.82) is 10.5 Å². The molecule has 0 saturated carbocycles. The number of aromatic nitrogens is 1. The number of nitrogens with zero attached hydrogens (tertiary/aromatic N) is 3. The lowest BCUT2D eigenvalue weighted by molar-refractivity contribution is 0.669. The van der Waals surface area contributed by atoms with Gasteiger partial charge in [-0.25, -0.2) is 0 Å². The molecule has 0 atom stereocenters. The van der Waals surface area contributed by atoms with Gasteiger partial charge in [0.2, 0.25) is 0 Å². The molecular weight excluding hydrogens is 547 g/mol. The fourth-order valence-electron chi connectivity index (χ4n) is 6.62. The highest BCUT2D eigenvalue weighted by atomic mass is 32.1. The second-order valence-corrected chi connectivity index (χ2v) is 11.8. The minimum Gasteiger partial charge on any atom is -0.456 e. The van der Waals surface area contributed by atoms with Crippen LogP contribution in [-0.4, -0.2) is 4.57 Å². The lowest BCUT2D eigenvalue weighted by Gasteiger charge is -2.16. The van der Waals surface area contributed by atoms with E-state index in [0.29, 0.717) is 11.1 Å². The van der Waals surface area contributed by atoms with Crippen molar-refractivity contribution in [3.05, 3.63) is 126 Å². The quantitative estimate of drug-likeness (QED) is 0.209. The highest BCUT2D eigenvalue weighted by Crippen LogP contribution is 2.45. The van der Waals surface area contributed by atoms with Gasteiger partial charge in [0.05, 0.1) is 33.9 Å². The van der Waals surface area contributed by atoms with E-state index in [1.165, 1.54) is 20.2 Å². The summed E-state index contributed by atoms with van der Waals surface area (Å²) in [5, 5.41) is 26.6. The Bertz CT molecular complexity index is 2710. The highest BCUT2D eigenvalue weighted by Gasteiger charge is 2.22. The molecule has 9 rings (SSSR count). The zero-order chi connectivity index (χ0) is 28.7. The Morgan fingerprint density at radius 3 is 2.26 bits per heavy atom. The molecular formula is C38H19N3OS. The molecule has 3 aromatic heterocycles. The SMILES string of the molecule is N#Cc1ccc2oc3ccc(-c4cccc(C#N)c4-n4c5ccccc5c5ccc6sc7ccccc7c6c54)cc3c2c1. The van der Waals surface area contributed by atoms with Crippen LogP contribution in [-0.2, 0) is 0 Å². The predicted octanol–water partition coefficient (Wildman–Crippen LogP) is 10.5. The largest absolute Gasteiger partial charge is 0.456 e. The third-order valence-electron chi connectivity index (χ3n) is 8.46. The van der Waals surface area contributed by atoms with E-state index in [4.69, 9.17) is 4.42 Å². The molecule has 6 aromatic carbocycles. The fraction of sp³-hybridized carbons (Fsp3) is 0. The minimum atomic E-state index is 0.588. The first-order valence-corrected chi connectivity index (χ1v) is 14.8. The first-order valence-electron chi connectivity index (χ1n) is 14.0. The Morgan fingerprint density at radius 2 is 1.40 bits per heavy atom. The summed E-state index contributed by atoms with van der Waals surface area (Å²) in [6.07, 6.45) is 0. The van der Waals surface area contributed by atoms with Crippen LogP contribution in [0.4, 0.5) is 0 Å². The van der Waals surface area contributed by atoms with E-state index in [2.05, 4.69) is 95.6 Å². The number of hydrogen-bond acceptors (Lipinski definition) is 4. The van der Waals surface area contributed by atoms with E-state index in [1.807, 2.05) is 30.3 Å². The first kappa shape index (κ1) is 23.8. The van der Waals surface area contributed by atoms with Crippen molar-refractivity contribution in [2.75, 3.05) is 0 Å². The summed E-state index contributed by atoms with van der Waals surface area (Å²) < 4.78 is 10.9. The van der Waals surface area contributed by atoms with Gasteiger partial charge in [0.25, 0.3) is 0 Å². The molecule has 0 fully saturated rings. The Hall–Kier alpha value is -5.88. The number of hydrogen-bond donors (Lipinski definition) is 0. The Morgan fingerprint density at radius 1 is 0.605 bits per heavy atom. The van der Waals surface area contributed by atoms with Crippen LogP contribution >= 0.6 is 11.3 Å². The molecule has 4 nitrogen and oxygen atoms in total. The maximum atomic E-state index is 10.5. The van der Waals surface area contributed by atoms with Crippen LogP contribution < -0.4 is 0 Å². The van der Waals surface area contributed by atoms with Gasteiger partial charge in [0, 0.05) is 47.3 Å². The van der Waals surface area contributed by atoms with E-state index in [9.17, 15) is 10.5 Å². The van der Waals surface area contributed by atoms with Crippen LogP contribution in [0, 0.1) is 22.7 Å². The van der Waals surface area contributed by atoms with Crippen LogP contribution in [0.1, 0.15) is 11.1 Å². The maximum Gasteiger partial charge on any atom is 0.135 e. The Labute approximate surface area is 249 Å². The van der Waals surface area contributed by atoms with Gasteiger partial charge in [0.1, 0.15) is 17.2 Å². The average Bonchev–Trinajstić information content (AvgIpc) is 3.72. The fourth-order valence-corrected chi connectivity index (χ4v) is 7.73. The summed E-state index contributed by atoms with van der Waals surface area (Å²) in [6.45, 7) is 0. The van der Waals surface area contributed by atoms with Crippen LogP contribution in [0.5, 0.6) is 0 Å². The van der Waals surface area contributed by atoms with Gasteiger partial charge in [0.15, 0.2) is 0 Å². The monoisotopic (exact) mass is 565 g/mol. The third kappa shape index (κ3) is 3.29. The van der Waals surface area contributed by atoms with Crippen molar-refractivity contribution in [2.24, 2.45) is 0 Å². The number of thiophene rings is 1. The molecule has 198 valence electrons. The van der Waals surface area contributed by atoms with Crippen molar-refractivity contribution >= 4 is 75.3 Å². The van der Waals surface area contributed by atoms with Gasteiger partial charge < -0.3 is 8.98 Å². The van der Waals surface area contributed by atoms with Crippen LogP contribution in [0.15, 0.2) is 120 Å². The molecule has 0 amide bonds. The summed E-state index contributed by atoms with van der Waals surface area (Å²) in [6, 6.07) is 43.8. The van der Waals surface area contributed by atoms with Gasteiger partial charge in [-0.15, -0.1) is 11.3 Å². The van der Waals surface area contributed by atoms with Crippen molar-refractivity contribution in [3.63, 3.8) is 0 Å². The number of furan rings is 1. The lowest BCUT2D eigenvalue weighted by atomic mass is 9.97. The smallest absolute Gasteiger partial charge is 0.135 e. The van der Waals surface area contributed by atoms with Crippen molar-refractivity contribution in [1.82, 2.24) is 4.57 Å². The van der Waals surface area contributed by atoms with Gasteiger partial charge in [-0.05, 0) is 60.2 Å². The number of para-hydroxylation sites is 2. The number of nitriles is 2. The normalized spacial score (nSPS) is 11.7. The van der Waals surface area contributed by atoms with Gasteiger partial charge in [-0.1, -0.05) is 60.7 Å². The molecule has 43 heavy (non-hydrogen) atoms. The third-order valence-corrected chi connectivity index (χ3v) is 9.60. The average molecular weight is 566 g/mol. The second kappa shape index (κ2) is 8.81. The zero-order valence-corrected chi connectivity index (χ0v) is 23.4. The number of fused-ring (bicyclic) bond motifs is 10. The zero-order valence-electron chi connectivity index (χ0n) is 22.6. The molecule has 0 N–H and O–H groups in total. The molecule has 0 aliphatic rings. The number of rotatable bonds is 2. The summed E-state index contributed by atoms with van der Waals surface area (Å²) in [7, 11) is 0. The van der Waals surface area contributed by atoms with Gasteiger partial charge >= 0.3 is 0 Å². The summed E-state index contributed by atoms with van der Waals surface area (Å²) in [5.41, 5.74) is 7.62. The Balaban J connectivity index is 1.44. The van der Waals surface area contributed by atoms with Crippen molar-refractivity contribution in [3.8, 4) is 29.0 Å². The van der Waals surface area contributed by atoms with Crippen LogP contribution in [0.3, 0.4) is 0 Å². The summed E-state index contributed by atoms with van der Waals surface area (Å²) in [5.74, 6) is 0. The summed E-state index contributed by atoms with van der Waals surface area (Å²) >= 11 is 1.80. The molecule has 0 aliphatic carbocycles. The molecule has 5 heteroatoms. The molecule has 0 aliphatic heterocycles. The molecule has 0 saturated heterocycles. The highest BCUT2D eigenvalue weighted by molar-refractivity contribution is 7.26. The van der Waals surface area contributed by atoms with Crippen LogP contribution in [0.2, 0.25) is 0 Å². The summed E-state index contributed by atoms with van der Waals surface area (Å²) in [4.78, 5) is 0. The molecule has 0 radical (unpaired) electrons. The molecule has 0 bridgehead atoms. The maximum absolute atomic E-state index is 10.5. The van der Waals surface area contributed by atoms with Crippen molar-refractivity contribution < 1.29 is 4.42 Å². The number of benzene rings is 6. The van der Waals surface area contributed by atoms with E-state index in [1.54, 1.807) is 17.4 Å². The second-order valence-electron chi connectivity index (χ2n) is 10.7. The molecule has 9 aromatic rings. The van der Waals surface area contributed by atoms with E-state index in [0.717, 1.165) is 60.6 Å². The standard InChI is InChI=1S/C38H19N3OS/c39-20-22-12-15-32-29(18-22)30-19-23(13-16-33(30)42-32)25-9-5-6-24(21-40)37(25)41-31-10-3-1-7-26(31)27-14-17-35-36(38(27)41)28-8-2-4-11-34(28)43-35/h1-19H. The molecule has 0 spiro atoms. The van der Waals surface area contributed by atoms with Gasteiger partial charge in [-0.3, -0.25) is 0 Å². The molecule has 0 unspecified atom stereocenters. The topological polar surface area (TPSA) is 65.7 Å². The van der Waals surface area contributed by atoms with E-state index in [-0.39, 0.29) is 0 Å². The van der Waals surface area contributed by atoms with E-state index >= 15 is 0 Å². The minimum absolute atomic E-state index is 0.588. The predicted molar refractivity (Wildman–Crippen MR) is 176 cm³/mol.